The first-order valence-electron chi connectivity index (χ1n) is 11.0. The molecule has 0 radical (unpaired) electrons. The van der Waals surface area contributed by atoms with Gasteiger partial charge in [-0.15, -0.1) is 0 Å². The molecule has 1 atom stereocenters. The van der Waals surface area contributed by atoms with E-state index < -0.39 is 18.1 Å². The Morgan fingerprint density at radius 3 is 2.39 bits per heavy atom. The molecule has 0 aliphatic rings. The maximum absolute atomic E-state index is 12.3. The fourth-order valence-corrected chi connectivity index (χ4v) is 3.19. The third-order valence-corrected chi connectivity index (χ3v) is 4.96. The number of unbranched alkanes of at least 4 members (excludes halogenated alkanes) is 2. The van der Waals surface area contributed by atoms with Crippen molar-refractivity contribution in [2.75, 3.05) is 20.8 Å². The van der Waals surface area contributed by atoms with Crippen LogP contribution in [0.3, 0.4) is 0 Å². The number of methoxy groups -OCH3 is 2. The molecule has 0 saturated carbocycles. The number of alkyl carbamates (subject to hydrolysis) is 1. The van der Waals surface area contributed by atoms with Crippen molar-refractivity contribution in [3.63, 3.8) is 0 Å². The molecule has 0 heterocycles. The Morgan fingerprint density at radius 1 is 0.909 bits per heavy atom. The largest absolute Gasteiger partial charge is 0.497 e. The van der Waals surface area contributed by atoms with Crippen molar-refractivity contribution in [3.8, 4) is 5.75 Å². The first-order chi connectivity index (χ1) is 16.0. The van der Waals surface area contributed by atoms with E-state index in [2.05, 4.69) is 10.6 Å². The number of nitrogens with one attached hydrogen (secondary N) is 2. The molecule has 8 heteroatoms. The zero-order chi connectivity index (χ0) is 23.9. The minimum absolute atomic E-state index is 0.219. The summed E-state index contributed by atoms with van der Waals surface area (Å²) in [7, 11) is 2.87. The van der Waals surface area contributed by atoms with Gasteiger partial charge in [-0.3, -0.25) is 4.79 Å². The lowest BCUT2D eigenvalue weighted by Crippen LogP contribution is -2.43. The van der Waals surface area contributed by atoms with Crippen LogP contribution in [0, 0.1) is 0 Å². The van der Waals surface area contributed by atoms with Gasteiger partial charge in [0.1, 0.15) is 18.4 Å². The van der Waals surface area contributed by atoms with E-state index in [1.54, 1.807) is 7.11 Å². The fourth-order valence-electron chi connectivity index (χ4n) is 3.19. The quantitative estimate of drug-likeness (QED) is 0.354. The highest BCUT2D eigenvalue weighted by atomic mass is 16.5. The van der Waals surface area contributed by atoms with E-state index in [-0.39, 0.29) is 18.9 Å². The van der Waals surface area contributed by atoms with Gasteiger partial charge >= 0.3 is 12.1 Å². The van der Waals surface area contributed by atoms with Gasteiger partial charge in [-0.1, -0.05) is 48.9 Å². The topological polar surface area (TPSA) is 103 Å². The summed E-state index contributed by atoms with van der Waals surface area (Å²) in [4.78, 5) is 36.1. The van der Waals surface area contributed by atoms with E-state index >= 15 is 0 Å². The van der Waals surface area contributed by atoms with Crippen molar-refractivity contribution in [1.82, 2.24) is 10.6 Å². The molecule has 2 aromatic rings. The van der Waals surface area contributed by atoms with Crippen LogP contribution in [0.2, 0.25) is 0 Å². The summed E-state index contributed by atoms with van der Waals surface area (Å²) in [6.45, 7) is 0.694. The van der Waals surface area contributed by atoms with Crippen molar-refractivity contribution in [1.29, 1.82) is 0 Å². The molecule has 2 amide bonds. The molecule has 0 unspecified atom stereocenters. The zero-order valence-corrected chi connectivity index (χ0v) is 19.2. The van der Waals surface area contributed by atoms with E-state index in [1.807, 2.05) is 54.6 Å². The predicted octanol–water partition coefficient (Wildman–Crippen LogP) is 3.38. The second kappa shape index (κ2) is 14.5. The minimum Gasteiger partial charge on any atom is -0.497 e. The van der Waals surface area contributed by atoms with Crippen LogP contribution in [0.5, 0.6) is 5.75 Å². The summed E-state index contributed by atoms with van der Waals surface area (Å²) in [5.41, 5.74) is 1.78. The molecule has 2 aromatic carbocycles. The molecule has 8 nitrogen and oxygen atoms in total. The number of rotatable bonds is 13. The lowest BCUT2D eigenvalue weighted by Gasteiger charge is -2.17. The van der Waals surface area contributed by atoms with Crippen LogP contribution in [-0.4, -0.2) is 44.8 Å². The number of hydrogen-bond donors (Lipinski definition) is 2. The van der Waals surface area contributed by atoms with Gasteiger partial charge in [0.2, 0.25) is 5.91 Å². The van der Waals surface area contributed by atoms with Gasteiger partial charge in [-0.25, -0.2) is 9.59 Å². The van der Waals surface area contributed by atoms with Gasteiger partial charge in [-0.05, 0) is 36.1 Å². The Balaban J connectivity index is 1.63. The maximum atomic E-state index is 12.3. The average Bonchev–Trinajstić information content (AvgIpc) is 2.84. The standard InChI is InChI=1S/C25H32N2O6/c1-31-21-13-9-12-20(16-21)17-22(24(29)32-2)27-23(28)14-7-4-8-15-26-25(30)33-18-19-10-5-3-6-11-19/h3,5-6,9-13,16,22H,4,7-8,14-15,17-18H2,1-2H3,(H,26,30)(H,27,28)/t22-/m0/s1. The highest BCUT2D eigenvalue weighted by Gasteiger charge is 2.22. The SMILES string of the molecule is COC(=O)[C@H](Cc1cccc(OC)c1)NC(=O)CCCCCNC(=O)OCc1ccccc1. The van der Waals surface area contributed by atoms with Crippen molar-refractivity contribution < 1.29 is 28.6 Å². The predicted molar refractivity (Wildman–Crippen MR) is 124 cm³/mol. The molecule has 0 spiro atoms. The Labute approximate surface area is 194 Å². The van der Waals surface area contributed by atoms with E-state index in [9.17, 15) is 14.4 Å². The second-order valence-electron chi connectivity index (χ2n) is 7.50. The van der Waals surface area contributed by atoms with Gasteiger partial charge in [0.15, 0.2) is 0 Å². The van der Waals surface area contributed by atoms with Gasteiger partial charge in [0.05, 0.1) is 14.2 Å². The molecule has 0 aliphatic carbocycles. The van der Waals surface area contributed by atoms with Crippen molar-refractivity contribution in [3.05, 3.63) is 65.7 Å². The zero-order valence-electron chi connectivity index (χ0n) is 19.2. The number of carbonyl (C=O) groups is 3. The van der Waals surface area contributed by atoms with E-state index in [1.165, 1.54) is 7.11 Å². The smallest absolute Gasteiger partial charge is 0.407 e. The fraction of sp³-hybridized carbons (Fsp3) is 0.400. The molecule has 33 heavy (non-hydrogen) atoms. The molecule has 0 saturated heterocycles. The van der Waals surface area contributed by atoms with Gasteiger partial charge in [0.25, 0.3) is 0 Å². The van der Waals surface area contributed by atoms with Crippen LogP contribution in [0.15, 0.2) is 54.6 Å². The molecule has 2 N–H and O–H groups in total. The molecular weight excluding hydrogens is 424 g/mol. The van der Waals surface area contributed by atoms with E-state index in [0.717, 1.165) is 24.0 Å². The van der Waals surface area contributed by atoms with Crippen molar-refractivity contribution >= 4 is 18.0 Å². The number of amides is 2. The highest BCUT2D eigenvalue weighted by molar-refractivity contribution is 5.84. The molecule has 0 fully saturated rings. The second-order valence-corrected chi connectivity index (χ2v) is 7.50. The van der Waals surface area contributed by atoms with Crippen molar-refractivity contribution in [2.45, 2.75) is 44.8 Å². The molecule has 0 aromatic heterocycles. The van der Waals surface area contributed by atoms with Crippen LogP contribution in [0.25, 0.3) is 0 Å². The first-order valence-corrected chi connectivity index (χ1v) is 11.0. The third-order valence-electron chi connectivity index (χ3n) is 4.96. The normalized spacial score (nSPS) is 11.2. The van der Waals surface area contributed by atoms with Crippen LogP contribution < -0.4 is 15.4 Å². The molecule has 0 bridgehead atoms. The number of esters is 1. The molecule has 178 valence electrons. The van der Waals surface area contributed by atoms with Crippen molar-refractivity contribution in [2.24, 2.45) is 0 Å². The van der Waals surface area contributed by atoms with E-state index in [0.29, 0.717) is 25.1 Å². The summed E-state index contributed by atoms with van der Waals surface area (Å²) in [5, 5.41) is 5.45. The number of benzene rings is 2. The van der Waals surface area contributed by atoms with Crippen LogP contribution in [0.1, 0.15) is 36.8 Å². The summed E-state index contributed by atoms with van der Waals surface area (Å²) >= 11 is 0. The first kappa shape index (κ1) is 25.7. The van der Waals surface area contributed by atoms with Gasteiger partial charge in [0, 0.05) is 19.4 Å². The number of carbonyl (C=O) groups excluding carboxylic acids is 3. The van der Waals surface area contributed by atoms with Gasteiger partial charge < -0.3 is 24.8 Å². The Kier molecular flexibility index (Phi) is 11.3. The minimum atomic E-state index is -0.768. The monoisotopic (exact) mass is 456 g/mol. The molecule has 2 rings (SSSR count). The number of hydrogen-bond acceptors (Lipinski definition) is 6. The Bertz CT molecular complexity index is 887. The lowest BCUT2D eigenvalue weighted by molar-refractivity contribution is -0.145. The lowest BCUT2D eigenvalue weighted by atomic mass is 10.1. The Hall–Kier alpha value is -3.55. The Morgan fingerprint density at radius 2 is 1.67 bits per heavy atom. The maximum Gasteiger partial charge on any atom is 0.407 e. The summed E-state index contributed by atoms with van der Waals surface area (Å²) in [6.07, 6.45) is 2.24. The summed E-state index contributed by atoms with van der Waals surface area (Å²) < 4.78 is 15.2. The van der Waals surface area contributed by atoms with Crippen LogP contribution in [-0.2, 0) is 32.1 Å². The number of ether oxygens (including phenoxy) is 3. The van der Waals surface area contributed by atoms with Crippen LogP contribution >= 0.6 is 0 Å². The van der Waals surface area contributed by atoms with Gasteiger partial charge in [-0.2, -0.15) is 0 Å². The third kappa shape index (κ3) is 10.1. The average molecular weight is 457 g/mol. The summed E-state index contributed by atoms with van der Waals surface area (Å²) in [6, 6.07) is 16.0. The van der Waals surface area contributed by atoms with Crippen LogP contribution in [0.4, 0.5) is 4.79 Å². The highest BCUT2D eigenvalue weighted by Crippen LogP contribution is 2.14. The van der Waals surface area contributed by atoms with E-state index in [4.69, 9.17) is 14.2 Å². The molecule has 0 aliphatic heterocycles. The summed E-state index contributed by atoms with van der Waals surface area (Å²) in [5.74, 6) is -0.0343. The molecular formula is C25H32N2O6.